The number of rotatable bonds is 3. The van der Waals surface area contributed by atoms with Crippen molar-refractivity contribution in [3.8, 4) is 0 Å². The van der Waals surface area contributed by atoms with Crippen LogP contribution in [0.4, 0.5) is 5.95 Å². The van der Waals surface area contributed by atoms with Gasteiger partial charge in [-0.1, -0.05) is 0 Å². The van der Waals surface area contributed by atoms with Gasteiger partial charge in [-0.05, 0) is 0 Å². The number of hydrogen-bond acceptors (Lipinski definition) is 3. The summed E-state index contributed by atoms with van der Waals surface area (Å²) in [6.07, 6.45) is 3.82. The van der Waals surface area contributed by atoms with Crippen LogP contribution in [0.25, 0.3) is 0 Å². The molecule has 2 rings (SSSR count). The van der Waals surface area contributed by atoms with Gasteiger partial charge in [0.2, 0.25) is 5.95 Å². The Balaban J connectivity index is 2.00. The van der Waals surface area contributed by atoms with Gasteiger partial charge in [-0.2, -0.15) is 0 Å². The molecule has 70 valence electrons. The van der Waals surface area contributed by atoms with E-state index in [1.807, 2.05) is 15.7 Å². The van der Waals surface area contributed by atoms with Crippen LogP contribution in [0.2, 0.25) is 0 Å². The highest BCUT2D eigenvalue weighted by atomic mass is 16.4. The van der Waals surface area contributed by atoms with Crippen LogP contribution in [0.1, 0.15) is 6.42 Å². The molecule has 0 bridgehead atoms. The molecule has 2 heterocycles. The third-order valence-electron chi connectivity index (χ3n) is 2.18. The first-order valence-corrected chi connectivity index (χ1v) is 4.25. The quantitative estimate of drug-likeness (QED) is 0.722. The van der Waals surface area contributed by atoms with Crippen molar-refractivity contribution in [1.29, 1.82) is 0 Å². The summed E-state index contributed by atoms with van der Waals surface area (Å²) >= 11 is 0. The number of carboxylic acid groups (broad SMARTS) is 1. The molecule has 13 heavy (non-hydrogen) atoms. The van der Waals surface area contributed by atoms with E-state index in [9.17, 15) is 4.79 Å². The molecule has 0 amide bonds. The van der Waals surface area contributed by atoms with E-state index in [4.69, 9.17) is 5.11 Å². The van der Waals surface area contributed by atoms with Gasteiger partial charge in [0.05, 0.1) is 6.42 Å². The van der Waals surface area contributed by atoms with E-state index in [-0.39, 0.29) is 6.42 Å². The maximum Gasteiger partial charge on any atom is 0.305 e. The minimum absolute atomic E-state index is 0.173. The Kier molecular flexibility index (Phi) is 1.92. The molecule has 1 N–H and O–H groups in total. The van der Waals surface area contributed by atoms with Gasteiger partial charge in [0.1, 0.15) is 0 Å². The Morgan fingerprint density at radius 2 is 2.46 bits per heavy atom. The second-order valence-electron chi connectivity index (χ2n) is 3.05. The summed E-state index contributed by atoms with van der Waals surface area (Å²) in [7, 11) is 0. The van der Waals surface area contributed by atoms with E-state index in [1.165, 1.54) is 0 Å². The fourth-order valence-corrected chi connectivity index (χ4v) is 1.53. The average Bonchev–Trinajstić information content (AvgIpc) is 2.60. The second-order valence-corrected chi connectivity index (χ2v) is 3.05. The zero-order valence-electron chi connectivity index (χ0n) is 7.18. The van der Waals surface area contributed by atoms with Gasteiger partial charge in [0.15, 0.2) is 0 Å². The zero-order chi connectivity index (χ0) is 9.26. The number of fused-ring (bicyclic) bond motifs is 1. The lowest BCUT2D eigenvalue weighted by Crippen LogP contribution is -2.24. The van der Waals surface area contributed by atoms with Crippen LogP contribution in [0.15, 0.2) is 12.4 Å². The monoisotopic (exact) mass is 181 g/mol. The highest BCUT2D eigenvalue weighted by Crippen LogP contribution is 2.17. The highest BCUT2D eigenvalue weighted by Gasteiger charge is 2.19. The minimum Gasteiger partial charge on any atom is -0.481 e. The summed E-state index contributed by atoms with van der Waals surface area (Å²) in [6.45, 7) is 2.33. The molecule has 5 nitrogen and oxygen atoms in total. The van der Waals surface area contributed by atoms with Crippen LogP contribution in [-0.2, 0) is 11.3 Å². The van der Waals surface area contributed by atoms with Gasteiger partial charge < -0.3 is 14.6 Å². The van der Waals surface area contributed by atoms with E-state index in [0.29, 0.717) is 6.54 Å². The molecule has 1 aromatic rings. The van der Waals surface area contributed by atoms with Crippen molar-refractivity contribution in [3.63, 3.8) is 0 Å². The van der Waals surface area contributed by atoms with Gasteiger partial charge >= 0.3 is 5.97 Å². The summed E-state index contributed by atoms with van der Waals surface area (Å²) in [4.78, 5) is 16.5. The fraction of sp³-hybridized carbons (Fsp3) is 0.500. The van der Waals surface area contributed by atoms with E-state index >= 15 is 0 Å². The third-order valence-corrected chi connectivity index (χ3v) is 2.18. The van der Waals surface area contributed by atoms with Crippen molar-refractivity contribution in [1.82, 2.24) is 9.55 Å². The van der Waals surface area contributed by atoms with Crippen LogP contribution >= 0.6 is 0 Å². The van der Waals surface area contributed by atoms with Crippen molar-refractivity contribution in [2.45, 2.75) is 13.0 Å². The Bertz CT molecular complexity index is 321. The van der Waals surface area contributed by atoms with Crippen LogP contribution in [0.5, 0.6) is 0 Å². The van der Waals surface area contributed by atoms with Crippen molar-refractivity contribution in [2.24, 2.45) is 0 Å². The number of aromatic nitrogens is 2. The van der Waals surface area contributed by atoms with Gasteiger partial charge in [-0.15, -0.1) is 0 Å². The summed E-state index contributed by atoms with van der Waals surface area (Å²) in [5, 5.41) is 8.52. The number of aliphatic carboxylic acids is 1. The standard InChI is InChI=1S/C8H11N3O2/c12-7(13)1-3-10-5-6-11-4-2-9-8(10)11/h2,4H,1,3,5-6H2,(H,12,13). The molecule has 0 atom stereocenters. The SMILES string of the molecule is O=C(O)CCN1CCn2ccnc21. The lowest BCUT2D eigenvalue weighted by molar-refractivity contribution is -0.136. The number of imidazole rings is 1. The van der Waals surface area contributed by atoms with Crippen LogP contribution < -0.4 is 4.90 Å². The molecular formula is C8H11N3O2. The highest BCUT2D eigenvalue weighted by molar-refractivity contribution is 5.67. The molecule has 0 saturated carbocycles. The number of hydrogen-bond donors (Lipinski definition) is 1. The molecule has 5 heteroatoms. The molecule has 0 aliphatic carbocycles. The molecular weight excluding hydrogens is 170 g/mol. The maximum atomic E-state index is 10.4. The Hall–Kier alpha value is -1.52. The summed E-state index contributed by atoms with van der Waals surface area (Å²) in [5.41, 5.74) is 0. The van der Waals surface area contributed by atoms with Crippen molar-refractivity contribution in [2.75, 3.05) is 18.0 Å². The molecule has 0 spiro atoms. The minimum atomic E-state index is -0.759. The maximum absolute atomic E-state index is 10.4. The van der Waals surface area contributed by atoms with Crippen molar-refractivity contribution in [3.05, 3.63) is 12.4 Å². The first kappa shape index (κ1) is 8.10. The first-order valence-electron chi connectivity index (χ1n) is 4.25. The van der Waals surface area contributed by atoms with E-state index in [0.717, 1.165) is 19.0 Å². The van der Waals surface area contributed by atoms with Crippen molar-refractivity contribution < 1.29 is 9.90 Å². The van der Waals surface area contributed by atoms with E-state index in [2.05, 4.69) is 4.98 Å². The zero-order valence-corrected chi connectivity index (χ0v) is 7.18. The predicted molar refractivity (Wildman–Crippen MR) is 46.7 cm³/mol. The van der Waals surface area contributed by atoms with Crippen molar-refractivity contribution >= 4 is 11.9 Å². The third kappa shape index (κ3) is 1.49. The molecule has 0 aromatic carbocycles. The number of carbonyl (C=O) groups is 1. The molecule has 0 unspecified atom stereocenters. The van der Waals surface area contributed by atoms with Gasteiger partial charge in [0, 0.05) is 32.0 Å². The van der Waals surface area contributed by atoms with Crippen LogP contribution in [-0.4, -0.2) is 33.7 Å². The first-order chi connectivity index (χ1) is 6.27. The smallest absolute Gasteiger partial charge is 0.305 e. The molecule has 1 aromatic heterocycles. The largest absolute Gasteiger partial charge is 0.481 e. The second kappa shape index (κ2) is 3.08. The molecule has 0 radical (unpaired) electrons. The Labute approximate surface area is 75.6 Å². The van der Waals surface area contributed by atoms with Crippen LogP contribution in [0.3, 0.4) is 0 Å². The summed E-state index contributed by atoms with van der Waals surface area (Å²) in [6, 6.07) is 0. The number of anilines is 1. The molecule has 0 fully saturated rings. The summed E-state index contributed by atoms with van der Waals surface area (Å²) < 4.78 is 2.03. The van der Waals surface area contributed by atoms with Gasteiger partial charge in [0.25, 0.3) is 0 Å². The lowest BCUT2D eigenvalue weighted by Gasteiger charge is -2.13. The van der Waals surface area contributed by atoms with Gasteiger partial charge in [-0.3, -0.25) is 4.79 Å². The Morgan fingerprint density at radius 3 is 3.23 bits per heavy atom. The molecule has 1 aliphatic heterocycles. The topological polar surface area (TPSA) is 58.4 Å². The van der Waals surface area contributed by atoms with E-state index in [1.54, 1.807) is 6.20 Å². The van der Waals surface area contributed by atoms with Gasteiger partial charge in [-0.25, -0.2) is 4.98 Å². The summed E-state index contributed by atoms with van der Waals surface area (Å²) in [5.74, 6) is 0.131. The van der Waals surface area contributed by atoms with Crippen LogP contribution in [0, 0.1) is 0 Å². The lowest BCUT2D eigenvalue weighted by atomic mass is 10.4. The molecule has 1 aliphatic rings. The normalized spacial score (nSPS) is 14.6. The fourth-order valence-electron chi connectivity index (χ4n) is 1.53. The Morgan fingerprint density at radius 1 is 1.62 bits per heavy atom. The predicted octanol–water partition coefficient (Wildman–Crippen LogP) is 0.178. The average molecular weight is 181 g/mol. The molecule has 0 saturated heterocycles. The number of nitrogens with zero attached hydrogens (tertiary/aromatic N) is 3. The van der Waals surface area contributed by atoms with E-state index < -0.39 is 5.97 Å². The number of carboxylic acids is 1.